The van der Waals surface area contributed by atoms with Gasteiger partial charge in [-0.2, -0.15) is 5.26 Å². The molecule has 1 saturated heterocycles. The van der Waals surface area contributed by atoms with E-state index < -0.39 is 0 Å². The number of hydrogen-bond donors (Lipinski definition) is 0. The second-order valence-electron chi connectivity index (χ2n) is 7.15. The van der Waals surface area contributed by atoms with Crippen LogP contribution in [0.25, 0.3) is 0 Å². The molecule has 0 unspecified atom stereocenters. The summed E-state index contributed by atoms with van der Waals surface area (Å²) in [5.41, 5.74) is 2.15. The Morgan fingerprint density at radius 1 is 1.14 bits per heavy atom. The third-order valence-electron chi connectivity index (χ3n) is 5.30. The van der Waals surface area contributed by atoms with Crippen molar-refractivity contribution >= 4 is 5.91 Å². The molecule has 1 fully saturated rings. The van der Waals surface area contributed by atoms with E-state index in [1.165, 1.54) is 5.56 Å². The maximum Gasteiger partial charge on any atom is 0.255 e. The Bertz CT molecular complexity index is 1000. The van der Waals surface area contributed by atoms with Gasteiger partial charge in [-0.3, -0.25) is 4.79 Å². The largest absolute Gasteiger partial charge is 0.338 e. The van der Waals surface area contributed by atoms with Crippen molar-refractivity contribution in [1.82, 2.24) is 14.5 Å². The van der Waals surface area contributed by atoms with Gasteiger partial charge in [0.15, 0.2) is 0 Å². The zero-order valence-corrected chi connectivity index (χ0v) is 15.7. The molecule has 1 aliphatic heterocycles. The van der Waals surface area contributed by atoms with Gasteiger partial charge in [-0.25, -0.2) is 4.98 Å². The monoisotopic (exact) mass is 370 g/mol. The van der Waals surface area contributed by atoms with E-state index in [1.54, 1.807) is 18.2 Å². The standard InChI is InChI=1S/C23H22N4O/c24-15-19-9-4-5-11-21(19)23(28)27-13-6-10-20(17-27)22-25-12-14-26(22)16-18-7-2-1-3-8-18/h1-5,7-9,11-12,14,20H,6,10,13,16-17H2/t20-/m1/s1. The van der Waals surface area contributed by atoms with Crippen LogP contribution in [-0.2, 0) is 6.54 Å². The summed E-state index contributed by atoms with van der Waals surface area (Å²) < 4.78 is 2.18. The fraction of sp³-hybridized carbons (Fsp3) is 0.261. The van der Waals surface area contributed by atoms with Crippen molar-refractivity contribution in [3.8, 4) is 6.07 Å². The number of piperidine rings is 1. The molecule has 1 aromatic heterocycles. The van der Waals surface area contributed by atoms with Crippen molar-refractivity contribution in [2.75, 3.05) is 13.1 Å². The molecule has 2 aromatic carbocycles. The van der Waals surface area contributed by atoms with Gasteiger partial charge in [-0.15, -0.1) is 0 Å². The van der Waals surface area contributed by atoms with Gasteiger partial charge in [0.25, 0.3) is 5.91 Å². The molecule has 1 aliphatic rings. The molecule has 2 heterocycles. The van der Waals surface area contributed by atoms with Gasteiger partial charge in [-0.1, -0.05) is 42.5 Å². The van der Waals surface area contributed by atoms with Crippen LogP contribution in [0.15, 0.2) is 67.0 Å². The van der Waals surface area contributed by atoms with E-state index in [0.717, 1.165) is 25.2 Å². The molecule has 0 N–H and O–H groups in total. The molecule has 140 valence electrons. The molecule has 5 nitrogen and oxygen atoms in total. The molecular formula is C23H22N4O. The van der Waals surface area contributed by atoms with Crippen LogP contribution in [0.1, 0.15) is 46.1 Å². The van der Waals surface area contributed by atoms with Crippen LogP contribution in [0.3, 0.4) is 0 Å². The van der Waals surface area contributed by atoms with Crippen molar-refractivity contribution in [1.29, 1.82) is 5.26 Å². The Labute approximate surface area is 164 Å². The van der Waals surface area contributed by atoms with Gasteiger partial charge >= 0.3 is 0 Å². The topological polar surface area (TPSA) is 61.9 Å². The number of nitriles is 1. The fourth-order valence-corrected chi connectivity index (χ4v) is 3.90. The van der Waals surface area contributed by atoms with E-state index in [1.807, 2.05) is 41.6 Å². The van der Waals surface area contributed by atoms with Gasteiger partial charge in [0, 0.05) is 37.9 Å². The highest BCUT2D eigenvalue weighted by molar-refractivity contribution is 5.96. The van der Waals surface area contributed by atoms with Crippen LogP contribution in [0.5, 0.6) is 0 Å². The second-order valence-corrected chi connectivity index (χ2v) is 7.15. The zero-order valence-electron chi connectivity index (χ0n) is 15.7. The summed E-state index contributed by atoms with van der Waals surface area (Å²) >= 11 is 0. The first kappa shape index (κ1) is 18.0. The number of hydrogen-bond acceptors (Lipinski definition) is 3. The van der Waals surface area contributed by atoms with Crippen LogP contribution >= 0.6 is 0 Å². The summed E-state index contributed by atoms with van der Waals surface area (Å²) in [7, 11) is 0. The Kier molecular flexibility index (Phi) is 5.20. The Morgan fingerprint density at radius 2 is 1.93 bits per heavy atom. The number of nitrogens with zero attached hydrogens (tertiary/aromatic N) is 4. The number of aromatic nitrogens is 2. The predicted molar refractivity (Wildman–Crippen MR) is 107 cm³/mol. The molecule has 0 aliphatic carbocycles. The summed E-state index contributed by atoms with van der Waals surface area (Å²) in [6, 6.07) is 19.5. The number of amides is 1. The van der Waals surface area contributed by atoms with E-state index in [4.69, 9.17) is 0 Å². The van der Waals surface area contributed by atoms with Crippen molar-refractivity contribution in [2.45, 2.75) is 25.3 Å². The SMILES string of the molecule is N#Cc1ccccc1C(=O)N1CCC[C@@H](c2nccn2Cc2ccccc2)C1. The first-order valence-electron chi connectivity index (χ1n) is 9.59. The Balaban J connectivity index is 1.53. The highest BCUT2D eigenvalue weighted by atomic mass is 16.2. The first-order valence-corrected chi connectivity index (χ1v) is 9.59. The van der Waals surface area contributed by atoms with Crippen molar-refractivity contribution in [3.05, 3.63) is 89.5 Å². The van der Waals surface area contributed by atoms with E-state index in [2.05, 4.69) is 27.8 Å². The first-order chi connectivity index (χ1) is 13.8. The minimum atomic E-state index is -0.0667. The zero-order chi connectivity index (χ0) is 19.3. The van der Waals surface area contributed by atoms with Gasteiger partial charge in [0.1, 0.15) is 5.82 Å². The number of likely N-dealkylation sites (tertiary alicyclic amines) is 1. The third kappa shape index (κ3) is 3.67. The van der Waals surface area contributed by atoms with Gasteiger partial charge in [0.05, 0.1) is 17.2 Å². The highest BCUT2D eigenvalue weighted by Crippen LogP contribution is 2.27. The lowest BCUT2D eigenvalue weighted by molar-refractivity contribution is 0.0703. The van der Waals surface area contributed by atoms with Crippen LogP contribution in [0, 0.1) is 11.3 Å². The van der Waals surface area contributed by atoms with Crippen molar-refractivity contribution in [2.24, 2.45) is 0 Å². The number of carbonyl (C=O) groups excluding carboxylic acids is 1. The molecule has 3 aromatic rings. The molecule has 0 saturated carbocycles. The number of benzene rings is 2. The molecule has 1 amide bonds. The normalized spacial score (nSPS) is 16.5. The van der Waals surface area contributed by atoms with E-state index in [-0.39, 0.29) is 11.8 Å². The van der Waals surface area contributed by atoms with Crippen molar-refractivity contribution < 1.29 is 4.79 Å². The van der Waals surface area contributed by atoms with Crippen LogP contribution in [0.2, 0.25) is 0 Å². The molecule has 4 rings (SSSR count). The van der Waals surface area contributed by atoms with Crippen LogP contribution in [-0.4, -0.2) is 33.4 Å². The summed E-state index contributed by atoms with van der Waals surface area (Å²) in [6.45, 7) is 2.12. The lowest BCUT2D eigenvalue weighted by Gasteiger charge is -2.33. The smallest absolute Gasteiger partial charge is 0.255 e. The lowest BCUT2D eigenvalue weighted by Crippen LogP contribution is -2.40. The van der Waals surface area contributed by atoms with E-state index >= 15 is 0 Å². The minimum absolute atomic E-state index is 0.0667. The Morgan fingerprint density at radius 3 is 2.75 bits per heavy atom. The third-order valence-corrected chi connectivity index (χ3v) is 5.30. The lowest BCUT2D eigenvalue weighted by atomic mass is 9.95. The molecule has 5 heteroatoms. The highest BCUT2D eigenvalue weighted by Gasteiger charge is 2.28. The van der Waals surface area contributed by atoms with Crippen LogP contribution < -0.4 is 0 Å². The van der Waals surface area contributed by atoms with Gasteiger partial charge < -0.3 is 9.47 Å². The molecule has 0 radical (unpaired) electrons. The maximum atomic E-state index is 13.0. The Hall–Kier alpha value is -3.39. The molecular weight excluding hydrogens is 348 g/mol. The van der Waals surface area contributed by atoms with Gasteiger partial charge in [-0.05, 0) is 30.5 Å². The predicted octanol–water partition coefficient (Wildman–Crippen LogP) is 3.82. The molecule has 28 heavy (non-hydrogen) atoms. The van der Waals surface area contributed by atoms with Crippen molar-refractivity contribution in [3.63, 3.8) is 0 Å². The minimum Gasteiger partial charge on any atom is -0.338 e. The summed E-state index contributed by atoms with van der Waals surface area (Å²) in [6.07, 6.45) is 5.79. The van der Waals surface area contributed by atoms with E-state index in [0.29, 0.717) is 24.2 Å². The quantitative estimate of drug-likeness (QED) is 0.701. The maximum absolute atomic E-state index is 13.0. The second kappa shape index (κ2) is 8.10. The average Bonchev–Trinajstić information content (AvgIpc) is 3.22. The number of rotatable bonds is 4. The average molecular weight is 370 g/mol. The van der Waals surface area contributed by atoms with Gasteiger partial charge in [0.2, 0.25) is 0 Å². The van der Waals surface area contributed by atoms with Crippen LogP contribution in [0.4, 0.5) is 0 Å². The molecule has 0 bridgehead atoms. The van der Waals surface area contributed by atoms with E-state index in [9.17, 15) is 10.1 Å². The number of imidazole rings is 1. The fourth-order valence-electron chi connectivity index (χ4n) is 3.90. The molecule has 0 spiro atoms. The summed E-state index contributed by atoms with van der Waals surface area (Å²) in [5.74, 6) is 1.16. The number of carbonyl (C=O) groups is 1. The molecule has 1 atom stereocenters. The summed E-state index contributed by atoms with van der Waals surface area (Å²) in [4.78, 5) is 19.5. The summed E-state index contributed by atoms with van der Waals surface area (Å²) in [5, 5.41) is 9.31.